The van der Waals surface area contributed by atoms with Crippen molar-refractivity contribution in [2.45, 2.75) is 57.7 Å². The lowest BCUT2D eigenvalue weighted by Crippen LogP contribution is -2.30. The van der Waals surface area contributed by atoms with E-state index in [9.17, 15) is 30.7 Å². The molecule has 10 heteroatoms. The Morgan fingerprint density at radius 1 is 0.902 bits per heavy atom. The van der Waals surface area contributed by atoms with Gasteiger partial charge in [-0.15, -0.1) is 0 Å². The summed E-state index contributed by atoms with van der Waals surface area (Å²) in [4.78, 5) is 3.44. The van der Waals surface area contributed by atoms with Gasteiger partial charge in [-0.25, -0.2) is 22.0 Å². The molecule has 3 aromatic carbocycles. The SMILES string of the molecule is C=N/C=C(/C)C=N.Cc1ccc(-c2ccc(C(F)(F)OC3CCC(c4cc(F)c(F)c(F)c4)CC3)c(F)c2)c(F)c1. The van der Waals surface area contributed by atoms with Crippen molar-refractivity contribution in [3.05, 3.63) is 106 Å². The molecule has 1 fully saturated rings. The third kappa shape index (κ3) is 8.13. The molecule has 0 heterocycles. The van der Waals surface area contributed by atoms with Crippen molar-refractivity contribution >= 4 is 12.9 Å². The molecular weight excluding hydrogens is 549 g/mol. The van der Waals surface area contributed by atoms with Gasteiger partial charge in [0.25, 0.3) is 0 Å². The van der Waals surface area contributed by atoms with E-state index in [1.54, 1.807) is 19.9 Å². The largest absolute Gasteiger partial charge is 0.386 e. The van der Waals surface area contributed by atoms with Gasteiger partial charge in [-0.2, -0.15) is 8.78 Å². The van der Waals surface area contributed by atoms with Crippen molar-refractivity contribution in [3.8, 4) is 11.1 Å². The van der Waals surface area contributed by atoms with E-state index in [1.807, 2.05) is 0 Å². The van der Waals surface area contributed by atoms with Crippen LogP contribution in [0.15, 0.2) is 65.3 Å². The van der Waals surface area contributed by atoms with E-state index in [2.05, 4.69) is 11.7 Å². The maximum Gasteiger partial charge on any atom is 0.386 e. The fourth-order valence-corrected chi connectivity index (χ4v) is 4.55. The first-order valence-corrected chi connectivity index (χ1v) is 12.8. The van der Waals surface area contributed by atoms with Crippen LogP contribution in [0.1, 0.15) is 55.2 Å². The third-order valence-corrected chi connectivity index (χ3v) is 6.71. The highest BCUT2D eigenvalue weighted by Gasteiger charge is 2.40. The number of allylic oxidation sites excluding steroid dienone is 1. The number of nitrogens with one attached hydrogen (secondary N) is 1. The number of hydrogen-bond acceptors (Lipinski definition) is 3. The highest BCUT2D eigenvalue weighted by molar-refractivity contribution is 5.74. The molecule has 1 N–H and O–H groups in total. The summed E-state index contributed by atoms with van der Waals surface area (Å²) >= 11 is 0. The second kappa shape index (κ2) is 13.7. The normalized spacial score (nSPS) is 17.4. The average molecular weight is 579 g/mol. The highest BCUT2D eigenvalue weighted by atomic mass is 19.3. The number of aliphatic imine (C=N–C) groups is 1. The van der Waals surface area contributed by atoms with E-state index in [0.29, 0.717) is 18.4 Å². The zero-order chi connectivity index (χ0) is 30.3. The zero-order valence-electron chi connectivity index (χ0n) is 22.5. The summed E-state index contributed by atoms with van der Waals surface area (Å²) in [5.41, 5.74) is 0.985. The molecule has 0 amide bonds. The molecule has 3 nitrogen and oxygen atoms in total. The van der Waals surface area contributed by atoms with Crippen molar-refractivity contribution in [1.29, 1.82) is 5.41 Å². The molecule has 0 aliphatic heterocycles. The van der Waals surface area contributed by atoms with E-state index < -0.39 is 46.9 Å². The van der Waals surface area contributed by atoms with Gasteiger partial charge >= 0.3 is 6.11 Å². The maximum absolute atomic E-state index is 14.8. The predicted molar refractivity (Wildman–Crippen MR) is 145 cm³/mol. The van der Waals surface area contributed by atoms with Crippen LogP contribution >= 0.6 is 0 Å². The van der Waals surface area contributed by atoms with Gasteiger partial charge in [-0.05, 0) is 105 Å². The van der Waals surface area contributed by atoms with Crippen LogP contribution in [0.25, 0.3) is 11.1 Å². The number of alkyl halides is 2. The molecule has 41 heavy (non-hydrogen) atoms. The molecule has 0 spiro atoms. The van der Waals surface area contributed by atoms with E-state index in [4.69, 9.17) is 10.1 Å². The molecule has 1 saturated carbocycles. The lowest BCUT2D eigenvalue weighted by Gasteiger charge is -2.31. The molecule has 4 rings (SSSR count). The van der Waals surface area contributed by atoms with Crippen LogP contribution in [0, 0.1) is 41.4 Å². The Morgan fingerprint density at radius 3 is 2.05 bits per heavy atom. The Bertz CT molecular complexity index is 1410. The number of aryl methyl sites for hydroxylation is 1. The van der Waals surface area contributed by atoms with Gasteiger partial charge in [-0.1, -0.05) is 18.2 Å². The fraction of sp³-hybridized carbons (Fsp3) is 0.290. The molecule has 1 aliphatic carbocycles. The lowest BCUT2D eigenvalue weighted by molar-refractivity contribution is -0.278. The molecular formula is C31H29F7N2O. The topological polar surface area (TPSA) is 45.4 Å². The monoisotopic (exact) mass is 578 g/mol. The Hall–Kier alpha value is -3.79. The van der Waals surface area contributed by atoms with Gasteiger partial charge in [0.2, 0.25) is 0 Å². The maximum atomic E-state index is 14.8. The number of halogens is 7. The summed E-state index contributed by atoms with van der Waals surface area (Å²) in [5, 5.41) is 6.63. The van der Waals surface area contributed by atoms with E-state index in [0.717, 1.165) is 29.8 Å². The van der Waals surface area contributed by atoms with E-state index >= 15 is 0 Å². The zero-order valence-corrected chi connectivity index (χ0v) is 22.5. The van der Waals surface area contributed by atoms with Crippen LogP contribution in [0.3, 0.4) is 0 Å². The Kier molecular flexibility index (Phi) is 10.6. The Balaban J connectivity index is 0.000000587. The molecule has 0 aromatic heterocycles. The minimum atomic E-state index is -3.93. The van der Waals surface area contributed by atoms with Crippen LogP contribution in [-0.4, -0.2) is 19.0 Å². The van der Waals surface area contributed by atoms with Gasteiger partial charge in [0.15, 0.2) is 17.5 Å². The molecule has 1 aliphatic rings. The number of rotatable bonds is 7. The average Bonchev–Trinajstić information content (AvgIpc) is 2.92. The summed E-state index contributed by atoms with van der Waals surface area (Å²) in [5.74, 6) is -6.31. The van der Waals surface area contributed by atoms with Crippen molar-refractivity contribution < 1.29 is 35.5 Å². The Morgan fingerprint density at radius 2 is 1.54 bits per heavy atom. The summed E-state index contributed by atoms with van der Waals surface area (Å²) in [7, 11) is 0. The van der Waals surface area contributed by atoms with Gasteiger partial charge < -0.3 is 10.1 Å². The van der Waals surface area contributed by atoms with Crippen molar-refractivity contribution in [1.82, 2.24) is 0 Å². The number of nitrogens with zero attached hydrogens (tertiary/aromatic N) is 1. The molecule has 0 unspecified atom stereocenters. The second-order valence-corrected chi connectivity index (χ2v) is 9.78. The lowest BCUT2D eigenvalue weighted by atomic mass is 9.82. The van der Waals surface area contributed by atoms with Crippen molar-refractivity contribution in [2.75, 3.05) is 0 Å². The first-order chi connectivity index (χ1) is 19.4. The van der Waals surface area contributed by atoms with Crippen molar-refractivity contribution in [2.24, 2.45) is 4.99 Å². The van der Waals surface area contributed by atoms with E-state index in [1.165, 1.54) is 30.6 Å². The second-order valence-electron chi connectivity index (χ2n) is 9.78. The molecule has 0 radical (unpaired) electrons. The molecule has 218 valence electrons. The first kappa shape index (κ1) is 31.7. The molecule has 0 saturated heterocycles. The van der Waals surface area contributed by atoms with Crippen LogP contribution in [-0.2, 0) is 10.8 Å². The summed E-state index contributed by atoms with van der Waals surface area (Å²) < 4.78 is 103. The highest BCUT2D eigenvalue weighted by Crippen LogP contribution is 2.40. The third-order valence-electron chi connectivity index (χ3n) is 6.71. The Labute approximate surface area is 233 Å². The predicted octanol–water partition coefficient (Wildman–Crippen LogP) is 9.39. The molecule has 3 aromatic rings. The summed E-state index contributed by atoms with van der Waals surface area (Å²) in [6.07, 6.45) is -1.19. The summed E-state index contributed by atoms with van der Waals surface area (Å²) in [6.45, 7) is 6.70. The van der Waals surface area contributed by atoms with E-state index in [-0.39, 0.29) is 35.4 Å². The number of ether oxygens (including phenoxy) is 1. The van der Waals surface area contributed by atoms with Crippen molar-refractivity contribution in [3.63, 3.8) is 0 Å². The number of benzene rings is 3. The van der Waals surface area contributed by atoms with Crippen LogP contribution < -0.4 is 0 Å². The minimum Gasteiger partial charge on any atom is -0.313 e. The van der Waals surface area contributed by atoms with Gasteiger partial charge in [0, 0.05) is 18.0 Å². The van der Waals surface area contributed by atoms with Gasteiger partial charge in [0.05, 0.1) is 11.7 Å². The van der Waals surface area contributed by atoms with Crippen LogP contribution in [0.5, 0.6) is 0 Å². The van der Waals surface area contributed by atoms with Gasteiger partial charge in [-0.3, -0.25) is 4.99 Å². The van der Waals surface area contributed by atoms with Gasteiger partial charge in [0.1, 0.15) is 11.6 Å². The fourth-order valence-electron chi connectivity index (χ4n) is 4.55. The molecule has 0 atom stereocenters. The first-order valence-electron chi connectivity index (χ1n) is 12.8. The summed E-state index contributed by atoms with van der Waals surface area (Å²) in [6, 6.07) is 9.09. The smallest absolute Gasteiger partial charge is 0.313 e. The molecule has 0 bridgehead atoms. The van der Waals surface area contributed by atoms with Crippen LogP contribution in [0.2, 0.25) is 0 Å². The standard InChI is InChI=1S/C26H21F7O.C5H8N2/c1-14-2-8-19(21(27)10-14)16-5-9-20(22(28)11-16)26(32,33)34-18-6-3-15(4-7-18)17-12-23(29)25(31)24(30)13-17;1-5(3-6)4-7-2/h2,5,8-13,15,18H,3-4,6-7H2,1H3;3-4,6H,2H2,1H3/b;5-4-,6-3?. The quantitative estimate of drug-likeness (QED) is 0.169. The minimum absolute atomic E-state index is 0.0901. The number of hydrogen-bond donors (Lipinski definition) is 1. The van der Waals surface area contributed by atoms with Crippen LogP contribution in [0.4, 0.5) is 30.7 Å².